The van der Waals surface area contributed by atoms with Crippen LogP contribution >= 0.6 is 11.6 Å². The van der Waals surface area contributed by atoms with Crippen LogP contribution in [0.4, 0.5) is 0 Å². The molecule has 0 radical (unpaired) electrons. The highest BCUT2D eigenvalue weighted by molar-refractivity contribution is 6.30. The Labute approximate surface area is 126 Å². The van der Waals surface area contributed by atoms with Gasteiger partial charge in [-0.1, -0.05) is 45.4 Å². The number of nitrogens with one attached hydrogen (secondary N) is 1. The third-order valence-electron chi connectivity index (χ3n) is 3.22. The number of halogens is 1. The van der Waals surface area contributed by atoms with Crippen LogP contribution in [0.5, 0.6) is 5.75 Å². The highest BCUT2D eigenvalue weighted by Crippen LogP contribution is 2.19. The van der Waals surface area contributed by atoms with Gasteiger partial charge in [0.05, 0.1) is 0 Å². The molecule has 0 fully saturated rings. The van der Waals surface area contributed by atoms with Crippen molar-refractivity contribution in [3.8, 4) is 5.75 Å². The van der Waals surface area contributed by atoms with E-state index in [2.05, 4.69) is 33.0 Å². The average Bonchev–Trinajstić information content (AvgIpc) is 2.34. The van der Waals surface area contributed by atoms with E-state index in [1.807, 2.05) is 0 Å². The molecule has 0 aliphatic carbocycles. The fourth-order valence-corrected chi connectivity index (χ4v) is 2.36. The zero-order valence-corrected chi connectivity index (χ0v) is 13.6. The predicted molar refractivity (Wildman–Crippen MR) is 83.1 cm³/mol. The molecular weight excluding hydrogens is 274 g/mol. The van der Waals surface area contributed by atoms with E-state index in [4.69, 9.17) is 16.3 Å². The second-order valence-electron chi connectivity index (χ2n) is 5.74. The molecule has 0 bridgehead atoms. The second-order valence-corrected chi connectivity index (χ2v) is 6.18. The molecule has 0 saturated heterocycles. The monoisotopic (exact) mass is 297 g/mol. The van der Waals surface area contributed by atoms with Gasteiger partial charge < -0.3 is 10.1 Å². The van der Waals surface area contributed by atoms with Crippen molar-refractivity contribution in [2.45, 2.75) is 46.8 Å². The number of hydrogen-bond donors (Lipinski definition) is 1. The smallest absolute Gasteiger partial charge is 0.261 e. The molecule has 0 aliphatic rings. The molecule has 0 saturated carbocycles. The van der Waals surface area contributed by atoms with Gasteiger partial charge in [-0.05, 0) is 37.0 Å². The van der Waals surface area contributed by atoms with E-state index >= 15 is 0 Å². The van der Waals surface area contributed by atoms with Crippen LogP contribution in [-0.2, 0) is 4.79 Å². The standard InChI is InChI=1S/C16H24ClNO2/c1-10(2)15(11(3)4)18-16(19)12(5)20-14-8-6-7-13(17)9-14/h6-12,15H,1-5H3,(H,18,19)/t12-/m0/s1. The maximum Gasteiger partial charge on any atom is 0.261 e. The van der Waals surface area contributed by atoms with Gasteiger partial charge in [0.2, 0.25) is 0 Å². The average molecular weight is 298 g/mol. The highest BCUT2D eigenvalue weighted by Gasteiger charge is 2.23. The summed E-state index contributed by atoms with van der Waals surface area (Å²) in [7, 11) is 0. The fourth-order valence-electron chi connectivity index (χ4n) is 2.18. The van der Waals surface area contributed by atoms with Gasteiger partial charge in [0, 0.05) is 11.1 Å². The lowest BCUT2D eigenvalue weighted by atomic mass is 9.93. The van der Waals surface area contributed by atoms with Crippen LogP contribution in [0.25, 0.3) is 0 Å². The van der Waals surface area contributed by atoms with Crippen LogP contribution in [0.15, 0.2) is 24.3 Å². The summed E-state index contributed by atoms with van der Waals surface area (Å²) in [5.74, 6) is 1.28. The molecule has 0 unspecified atom stereocenters. The number of ether oxygens (including phenoxy) is 1. The summed E-state index contributed by atoms with van der Waals surface area (Å²) < 4.78 is 5.62. The maximum atomic E-state index is 12.2. The lowest BCUT2D eigenvalue weighted by molar-refractivity contribution is -0.128. The van der Waals surface area contributed by atoms with E-state index in [0.29, 0.717) is 22.6 Å². The molecule has 0 aromatic heterocycles. The molecule has 112 valence electrons. The van der Waals surface area contributed by atoms with Crippen molar-refractivity contribution in [3.63, 3.8) is 0 Å². The van der Waals surface area contributed by atoms with Crippen LogP contribution in [0.3, 0.4) is 0 Å². The SMILES string of the molecule is CC(C)C(NC(=O)[C@H](C)Oc1cccc(Cl)c1)C(C)C. The van der Waals surface area contributed by atoms with Crippen molar-refractivity contribution in [1.29, 1.82) is 0 Å². The second kappa shape index (κ2) is 7.53. The van der Waals surface area contributed by atoms with Gasteiger partial charge in [0.25, 0.3) is 5.91 Å². The van der Waals surface area contributed by atoms with E-state index in [1.165, 1.54) is 0 Å². The van der Waals surface area contributed by atoms with Crippen molar-refractivity contribution in [1.82, 2.24) is 5.32 Å². The topological polar surface area (TPSA) is 38.3 Å². The maximum absolute atomic E-state index is 12.2. The largest absolute Gasteiger partial charge is 0.481 e. The number of carbonyl (C=O) groups is 1. The van der Waals surface area contributed by atoms with Gasteiger partial charge in [-0.2, -0.15) is 0 Å². The van der Waals surface area contributed by atoms with Crippen molar-refractivity contribution in [2.75, 3.05) is 0 Å². The lowest BCUT2D eigenvalue weighted by Gasteiger charge is -2.27. The van der Waals surface area contributed by atoms with E-state index in [1.54, 1.807) is 31.2 Å². The van der Waals surface area contributed by atoms with Crippen LogP contribution in [-0.4, -0.2) is 18.1 Å². The van der Waals surface area contributed by atoms with Gasteiger partial charge in [-0.3, -0.25) is 4.79 Å². The number of amides is 1. The summed E-state index contributed by atoms with van der Waals surface area (Å²) in [5, 5.41) is 3.65. The molecule has 4 heteroatoms. The Bertz CT molecular complexity index is 438. The van der Waals surface area contributed by atoms with E-state index < -0.39 is 6.10 Å². The first-order chi connectivity index (χ1) is 9.31. The normalized spacial score (nSPS) is 12.8. The summed E-state index contributed by atoms with van der Waals surface area (Å²) >= 11 is 5.89. The van der Waals surface area contributed by atoms with Crippen LogP contribution < -0.4 is 10.1 Å². The molecular formula is C16H24ClNO2. The van der Waals surface area contributed by atoms with Gasteiger partial charge >= 0.3 is 0 Å². The van der Waals surface area contributed by atoms with Crippen molar-refractivity contribution in [2.24, 2.45) is 11.8 Å². The van der Waals surface area contributed by atoms with E-state index in [9.17, 15) is 4.79 Å². The molecule has 1 rings (SSSR count). The fraction of sp³-hybridized carbons (Fsp3) is 0.562. The molecule has 0 heterocycles. The van der Waals surface area contributed by atoms with E-state index in [-0.39, 0.29) is 11.9 Å². The number of carbonyl (C=O) groups excluding carboxylic acids is 1. The van der Waals surface area contributed by atoms with Gasteiger partial charge in [0.15, 0.2) is 6.10 Å². The minimum absolute atomic E-state index is 0.0997. The number of hydrogen-bond acceptors (Lipinski definition) is 2. The molecule has 3 nitrogen and oxygen atoms in total. The molecule has 1 aromatic carbocycles. The molecule has 0 aliphatic heterocycles. The van der Waals surface area contributed by atoms with Gasteiger partial charge in [-0.15, -0.1) is 0 Å². The number of rotatable bonds is 6. The molecule has 20 heavy (non-hydrogen) atoms. The van der Waals surface area contributed by atoms with Crippen LogP contribution in [0, 0.1) is 11.8 Å². The van der Waals surface area contributed by atoms with Crippen molar-refractivity contribution in [3.05, 3.63) is 29.3 Å². The first-order valence-corrected chi connectivity index (χ1v) is 7.41. The predicted octanol–water partition coefficient (Wildman–Crippen LogP) is 3.90. The van der Waals surface area contributed by atoms with Gasteiger partial charge in [0.1, 0.15) is 5.75 Å². The quantitative estimate of drug-likeness (QED) is 0.864. The zero-order valence-electron chi connectivity index (χ0n) is 12.8. The number of benzene rings is 1. The molecule has 1 atom stereocenters. The summed E-state index contributed by atoms with van der Waals surface area (Å²) in [6.45, 7) is 10.2. The van der Waals surface area contributed by atoms with Crippen molar-refractivity contribution >= 4 is 17.5 Å². The Morgan fingerprint density at radius 1 is 1.15 bits per heavy atom. The highest BCUT2D eigenvalue weighted by atomic mass is 35.5. The molecule has 1 amide bonds. The lowest BCUT2D eigenvalue weighted by Crippen LogP contribution is -2.47. The van der Waals surface area contributed by atoms with Crippen LogP contribution in [0.1, 0.15) is 34.6 Å². The first-order valence-electron chi connectivity index (χ1n) is 7.04. The van der Waals surface area contributed by atoms with Gasteiger partial charge in [-0.25, -0.2) is 0 Å². The summed E-state index contributed by atoms with van der Waals surface area (Å²) in [4.78, 5) is 12.2. The minimum atomic E-state index is -0.548. The van der Waals surface area contributed by atoms with Crippen LogP contribution in [0.2, 0.25) is 5.02 Å². The zero-order chi connectivity index (χ0) is 15.3. The summed E-state index contributed by atoms with van der Waals surface area (Å²) in [5.41, 5.74) is 0. The Hall–Kier alpha value is -1.22. The Kier molecular flexibility index (Phi) is 6.34. The molecule has 1 N–H and O–H groups in total. The van der Waals surface area contributed by atoms with Crippen molar-refractivity contribution < 1.29 is 9.53 Å². The Morgan fingerprint density at radius 3 is 2.25 bits per heavy atom. The summed E-state index contributed by atoms with van der Waals surface area (Å²) in [6.07, 6.45) is -0.548. The Morgan fingerprint density at radius 2 is 1.75 bits per heavy atom. The minimum Gasteiger partial charge on any atom is -0.481 e. The third kappa shape index (κ3) is 5.04. The first kappa shape index (κ1) is 16.8. The third-order valence-corrected chi connectivity index (χ3v) is 3.46. The Balaban J connectivity index is 2.63. The molecule has 1 aromatic rings. The van der Waals surface area contributed by atoms with E-state index in [0.717, 1.165) is 0 Å². The summed E-state index contributed by atoms with van der Waals surface area (Å²) in [6, 6.07) is 7.21. The molecule has 0 spiro atoms.